The molecule has 1 amide bonds. The number of carbonyl (C=O) groups excluding carboxylic acids is 1. The lowest BCUT2D eigenvalue weighted by molar-refractivity contribution is -0.117. The van der Waals surface area contributed by atoms with Crippen molar-refractivity contribution in [2.45, 2.75) is 25.5 Å². The van der Waals surface area contributed by atoms with E-state index in [1.165, 1.54) is 5.56 Å². The molecule has 168 valence electrons. The Balaban J connectivity index is 1.40. The molecule has 2 aromatic heterocycles. The molecule has 1 aliphatic heterocycles. The van der Waals surface area contributed by atoms with Crippen LogP contribution in [0, 0.1) is 17.8 Å². The minimum Gasteiger partial charge on any atom is -0.379 e. The third-order valence-electron chi connectivity index (χ3n) is 6.14. The van der Waals surface area contributed by atoms with Crippen molar-refractivity contribution in [1.29, 1.82) is 0 Å². The standard InChI is InChI=1S/C26H27N5O2/c1-27-25-23-13-28-24(30-26(32)19-8-9-19)11-22(23)20(12-29-25)7-6-17-4-3-5-18(10-17)14-31-15-21(16-31)33-2/h3-5,10-13,19,21H,8-9,14-16H2,1-2H3,(H,27,29)(H,28,30,32). The Hall–Kier alpha value is -3.47. The first kappa shape index (κ1) is 21.4. The maximum absolute atomic E-state index is 12.2. The fraction of sp³-hybridized carbons (Fsp3) is 0.346. The molecule has 1 aliphatic carbocycles. The van der Waals surface area contributed by atoms with Crippen molar-refractivity contribution in [2.75, 3.05) is 37.9 Å². The Labute approximate surface area is 193 Å². The number of amides is 1. The first-order valence-electron chi connectivity index (χ1n) is 11.3. The van der Waals surface area contributed by atoms with E-state index in [0.717, 1.165) is 60.2 Å². The fourth-order valence-corrected chi connectivity index (χ4v) is 4.02. The van der Waals surface area contributed by atoms with Gasteiger partial charge in [0, 0.05) is 68.4 Å². The number of carbonyl (C=O) groups is 1. The minimum atomic E-state index is 0.0354. The number of likely N-dealkylation sites (tertiary alicyclic amines) is 1. The number of pyridine rings is 2. The third-order valence-corrected chi connectivity index (χ3v) is 6.14. The van der Waals surface area contributed by atoms with Crippen molar-refractivity contribution >= 4 is 28.3 Å². The number of nitrogens with zero attached hydrogens (tertiary/aromatic N) is 3. The van der Waals surface area contributed by atoms with Crippen molar-refractivity contribution in [2.24, 2.45) is 5.92 Å². The van der Waals surface area contributed by atoms with E-state index in [4.69, 9.17) is 4.74 Å². The normalized spacial score (nSPS) is 16.1. The Kier molecular flexibility index (Phi) is 5.95. The van der Waals surface area contributed by atoms with Gasteiger partial charge >= 0.3 is 0 Å². The van der Waals surface area contributed by atoms with Crippen LogP contribution in [0.1, 0.15) is 29.5 Å². The summed E-state index contributed by atoms with van der Waals surface area (Å²) >= 11 is 0. The summed E-state index contributed by atoms with van der Waals surface area (Å²) in [7, 11) is 3.59. The van der Waals surface area contributed by atoms with Crippen LogP contribution in [0.3, 0.4) is 0 Å². The highest BCUT2D eigenvalue weighted by Gasteiger charge is 2.30. The number of hydrogen-bond donors (Lipinski definition) is 2. The first-order valence-corrected chi connectivity index (χ1v) is 11.3. The lowest BCUT2D eigenvalue weighted by atomic mass is 10.1. The molecule has 0 spiro atoms. The van der Waals surface area contributed by atoms with Crippen LogP contribution in [0.5, 0.6) is 0 Å². The average molecular weight is 442 g/mol. The summed E-state index contributed by atoms with van der Waals surface area (Å²) in [4.78, 5) is 23.5. The van der Waals surface area contributed by atoms with E-state index in [1.54, 1.807) is 19.5 Å². The maximum Gasteiger partial charge on any atom is 0.228 e. The summed E-state index contributed by atoms with van der Waals surface area (Å²) < 4.78 is 5.36. The Bertz CT molecular complexity index is 1250. The summed E-state index contributed by atoms with van der Waals surface area (Å²) in [6.07, 6.45) is 5.76. The van der Waals surface area contributed by atoms with E-state index in [0.29, 0.717) is 11.9 Å². The number of aromatic nitrogens is 2. The maximum atomic E-state index is 12.2. The predicted octanol–water partition coefficient (Wildman–Crippen LogP) is 3.25. The second kappa shape index (κ2) is 9.18. The molecule has 0 unspecified atom stereocenters. The van der Waals surface area contributed by atoms with Crippen molar-refractivity contribution in [3.63, 3.8) is 0 Å². The quantitative estimate of drug-likeness (QED) is 0.572. The van der Waals surface area contributed by atoms with Gasteiger partial charge in [-0.05, 0) is 36.6 Å². The molecule has 3 aromatic rings. The van der Waals surface area contributed by atoms with Crippen molar-refractivity contribution in [3.8, 4) is 11.8 Å². The number of ether oxygens (including phenoxy) is 1. The van der Waals surface area contributed by atoms with Gasteiger partial charge in [-0.25, -0.2) is 9.97 Å². The smallest absolute Gasteiger partial charge is 0.228 e. The van der Waals surface area contributed by atoms with Crippen LogP contribution < -0.4 is 10.6 Å². The lowest BCUT2D eigenvalue weighted by Crippen LogP contribution is -2.50. The molecule has 1 saturated heterocycles. The molecule has 2 fully saturated rings. The van der Waals surface area contributed by atoms with Crippen molar-refractivity contribution in [3.05, 3.63) is 59.4 Å². The molecule has 2 aliphatic rings. The van der Waals surface area contributed by atoms with Gasteiger partial charge < -0.3 is 15.4 Å². The molecular formula is C26H27N5O2. The molecule has 33 heavy (non-hydrogen) atoms. The Morgan fingerprint density at radius 2 is 2.00 bits per heavy atom. The highest BCUT2D eigenvalue weighted by Crippen LogP contribution is 2.31. The lowest BCUT2D eigenvalue weighted by Gasteiger charge is -2.38. The average Bonchev–Trinajstić information content (AvgIpc) is 3.65. The summed E-state index contributed by atoms with van der Waals surface area (Å²) in [5.74, 6) is 8.00. The Morgan fingerprint density at radius 3 is 2.76 bits per heavy atom. The highest BCUT2D eigenvalue weighted by molar-refractivity contribution is 5.99. The minimum absolute atomic E-state index is 0.0354. The van der Waals surface area contributed by atoms with Gasteiger partial charge in [0.15, 0.2) is 0 Å². The second-order valence-electron chi connectivity index (χ2n) is 8.65. The SMILES string of the molecule is CNc1ncc(C#Cc2cccc(CN3CC(OC)C3)c2)c2cc(NC(=O)C3CC3)ncc12. The number of methoxy groups -OCH3 is 1. The zero-order chi connectivity index (χ0) is 22.8. The van der Waals surface area contributed by atoms with Gasteiger partial charge in [-0.1, -0.05) is 24.0 Å². The summed E-state index contributed by atoms with van der Waals surface area (Å²) in [5, 5.41) is 7.81. The second-order valence-corrected chi connectivity index (χ2v) is 8.65. The van der Waals surface area contributed by atoms with Crippen LogP contribution in [-0.4, -0.2) is 54.1 Å². The van der Waals surface area contributed by atoms with Crippen LogP contribution in [-0.2, 0) is 16.1 Å². The van der Waals surface area contributed by atoms with Crippen LogP contribution in [0.4, 0.5) is 11.6 Å². The topological polar surface area (TPSA) is 79.4 Å². The van der Waals surface area contributed by atoms with Crippen LogP contribution >= 0.6 is 0 Å². The summed E-state index contributed by atoms with van der Waals surface area (Å²) in [6.45, 7) is 2.83. The number of anilines is 2. The Morgan fingerprint density at radius 1 is 1.15 bits per heavy atom. The van der Waals surface area contributed by atoms with E-state index in [2.05, 4.69) is 49.5 Å². The zero-order valence-corrected chi connectivity index (χ0v) is 18.9. The van der Waals surface area contributed by atoms with E-state index in [-0.39, 0.29) is 11.8 Å². The number of rotatable bonds is 6. The molecule has 1 aromatic carbocycles. The molecule has 0 atom stereocenters. The third kappa shape index (κ3) is 4.82. The largest absolute Gasteiger partial charge is 0.379 e. The molecular weight excluding hydrogens is 414 g/mol. The van der Waals surface area contributed by atoms with E-state index in [9.17, 15) is 4.79 Å². The number of fused-ring (bicyclic) bond motifs is 1. The fourth-order valence-electron chi connectivity index (χ4n) is 4.02. The summed E-state index contributed by atoms with van der Waals surface area (Å²) in [5.41, 5.74) is 2.99. The molecule has 2 N–H and O–H groups in total. The van der Waals surface area contributed by atoms with Crippen LogP contribution in [0.15, 0.2) is 42.7 Å². The van der Waals surface area contributed by atoms with Gasteiger partial charge in [0.05, 0.1) is 11.7 Å². The number of hydrogen-bond acceptors (Lipinski definition) is 6. The molecule has 7 nitrogen and oxygen atoms in total. The summed E-state index contributed by atoms with van der Waals surface area (Å²) in [6, 6.07) is 10.2. The van der Waals surface area contributed by atoms with E-state index < -0.39 is 0 Å². The van der Waals surface area contributed by atoms with Gasteiger partial charge in [0.1, 0.15) is 11.6 Å². The predicted molar refractivity (Wildman–Crippen MR) is 129 cm³/mol. The van der Waals surface area contributed by atoms with Gasteiger partial charge in [-0.3, -0.25) is 9.69 Å². The van der Waals surface area contributed by atoms with Crippen molar-refractivity contribution in [1.82, 2.24) is 14.9 Å². The van der Waals surface area contributed by atoms with Crippen LogP contribution in [0.2, 0.25) is 0 Å². The number of benzene rings is 1. The van der Waals surface area contributed by atoms with E-state index >= 15 is 0 Å². The molecule has 1 saturated carbocycles. The molecule has 0 radical (unpaired) electrons. The van der Waals surface area contributed by atoms with Crippen LogP contribution in [0.25, 0.3) is 10.8 Å². The first-order chi connectivity index (χ1) is 16.1. The van der Waals surface area contributed by atoms with Crippen molar-refractivity contribution < 1.29 is 9.53 Å². The monoisotopic (exact) mass is 441 g/mol. The molecule has 7 heteroatoms. The molecule has 0 bridgehead atoms. The van der Waals surface area contributed by atoms with Gasteiger partial charge in [0.2, 0.25) is 5.91 Å². The van der Waals surface area contributed by atoms with Gasteiger partial charge in [0.25, 0.3) is 0 Å². The molecule has 5 rings (SSSR count). The van der Waals surface area contributed by atoms with Gasteiger partial charge in [-0.2, -0.15) is 0 Å². The van der Waals surface area contributed by atoms with Gasteiger partial charge in [-0.15, -0.1) is 0 Å². The van der Waals surface area contributed by atoms with E-state index in [1.807, 2.05) is 25.2 Å². The highest BCUT2D eigenvalue weighted by atomic mass is 16.5. The zero-order valence-electron chi connectivity index (χ0n) is 18.9. The molecule has 3 heterocycles. The number of nitrogens with one attached hydrogen (secondary N) is 2.